The Labute approximate surface area is 153 Å². The van der Waals surface area contributed by atoms with Crippen LogP contribution in [0, 0.1) is 25.2 Å². The van der Waals surface area contributed by atoms with Gasteiger partial charge in [-0.15, -0.1) is 0 Å². The second-order valence-electron chi connectivity index (χ2n) is 8.48. The van der Waals surface area contributed by atoms with Crippen molar-refractivity contribution >= 4 is 17.3 Å². The number of carbonyl (C=O) groups excluding carboxylic acids is 1. The third-order valence-corrected chi connectivity index (χ3v) is 4.83. The zero-order valence-corrected chi connectivity index (χ0v) is 17.0. The van der Waals surface area contributed by atoms with Crippen LogP contribution in [0.15, 0.2) is 6.07 Å². The molecule has 24 heavy (non-hydrogen) atoms. The molecule has 0 saturated heterocycles. The molecule has 1 aromatic rings. The van der Waals surface area contributed by atoms with Crippen LogP contribution in [0.4, 0.5) is 11.4 Å². The lowest BCUT2D eigenvalue weighted by Gasteiger charge is -2.23. The predicted octanol–water partition coefficient (Wildman–Crippen LogP) is 0.411. The Balaban J connectivity index is 0.00000288. The third kappa shape index (κ3) is 4.52. The van der Waals surface area contributed by atoms with Crippen molar-refractivity contribution in [2.45, 2.75) is 61.3 Å². The third-order valence-electron chi connectivity index (χ3n) is 4.83. The van der Waals surface area contributed by atoms with E-state index in [9.17, 15) is 4.79 Å². The van der Waals surface area contributed by atoms with Crippen LogP contribution in [0.25, 0.3) is 0 Å². The summed E-state index contributed by atoms with van der Waals surface area (Å²) < 4.78 is 0. The van der Waals surface area contributed by atoms with E-state index in [0.717, 1.165) is 25.2 Å². The molecule has 0 radical (unpaired) electrons. The molecule has 1 heterocycles. The van der Waals surface area contributed by atoms with Gasteiger partial charge in [-0.1, -0.05) is 40.7 Å². The van der Waals surface area contributed by atoms with Gasteiger partial charge in [0, 0.05) is 17.4 Å². The lowest BCUT2D eigenvalue weighted by Crippen LogP contribution is -3.06. The van der Waals surface area contributed by atoms with Gasteiger partial charge in [-0.3, -0.25) is 4.79 Å². The average Bonchev–Trinajstić information content (AvgIpc) is 2.84. The maximum absolute atomic E-state index is 12.5. The van der Waals surface area contributed by atoms with Crippen LogP contribution < -0.4 is 22.6 Å². The number of nitrogens with one attached hydrogen (secondary N) is 2. The highest BCUT2D eigenvalue weighted by atomic mass is 35.5. The quantitative estimate of drug-likeness (QED) is 0.808. The molecule has 1 atom stereocenters. The van der Waals surface area contributed by atoms with E-state index >= 15 is 0 Å². The van der Waals surface area contributed by atoms with Gasteiger partial charge < -0.3 is 22.6 Å². The van der Waals surface area contributed by atoms with E-state index in [-0.39, 0.29) is 23.7 Å². The van der Waals surface area contributed by atoms with Crippen LogP contribution in [0.2, 0.25) is 0 Å². The normalized spacial score (nSPS) is 16.8. The smallest absolute Gasteiger partial charge is 0.229 e. The fraction of sp³-hybridized carbons (Fsp3) is 0.650. The molecule has 1 unspecified atom stereocenters. The van der Waals surface area contributed by atoms with E-state index in [2.05, 4.69) is 39.1 Å². The molecule has 2 rings (SSSR count). The van der Waals surface area contributed by atoms with Crippen LogP contribution in [-0.4, -0.2) is 19.0 Å². The standard InChI is InChI=1S/C20H32N2O.ClH/c1-13(2)8-10-22-11-9-16-14(3)12-15(4)17(18(16)22)21-19(23)20(5,6)7;/h12-13H,8-11H2,1-7H3,(H,21,23);1H. The monoisotopic (exact) mass is 352 g/mol. The molecular formula is C20H33ClN2O. The molecule has 0 bridgehead atoms. The molecule has 3 nitrogen and oxygen atoms in total. The van der Waals surface area contributed by atoms with Gasteiger partial charge in [0.25, 0.3) is 0 Å². The molecule has 1 aromatic carbocycles. The number of benzene rings is 1. The first-order valence-electron chi connectivity index (χ1n) is 8.91. The molecule has 1 aliphatic rings. The first-order chi connectivity index (χ1) is 10.6. The number of aryl methyl sites for hydroxylation is 2. The summed E-state index contributed by atoms with van der Waals surface area (Å²) in [6.07, 6.45) is 2.34. The molecule has 1 amide bonds. The second-order valence-corrected chi connectivity index (χ2v) is 8.48. The minimum Gasteiger partial charge on any atom is -1.00 e. The maximum Gasteiger partial charge on any atom is 0.229 e. The van der Waals surface area contributed by atoms with E-state index < -0.39 is 0 Å². The molecule has 0 fully saturated rings. The highest BCUT2D eigenvalue weighted by Crippen LogP contribution is 2.33. The van der Waals surface area contributed by atoms with Crippen molar-refractivity contribution in [3.63, 3.8) is 0 Å². The number of halogens is 1. The maximum atomic E-state index is 12.5. The minimum atomic E-state index is -0.374. The zero-order chi connectivity index (χ0) is 17.4. The number of hydrogen-bond acceptors (Lipinski definition) is 1. The summed E-state index contributed by atoms with van der Waals surface area (Å²) in [6, 6.07) is 2.22. The first kappa shape index (κ1) is 21.0. The Morgan fingerprint density at radius 2 is 1.88 bits per heavy atom. The minimum absolute atomic E-state index is 0. The van der Waals surface area contributed by atoms with Crippen molar-refractivity contribution in [1.29, 1.82) is 0 Å². The number of quaternary nitrogens is 1. The molecular weight excluding hydrogens is 320 g/mol. The Bertz CT molecular complexity index is 603. The molecule has 0 saturated carbocycles. The van der Waals surface area contributed by atoms with Gasteiger partial charge in [0.2, 0.25) is 5.91 Å². The number of fused-ring (bicyclic) bond motifs is 1. The van der Waals surface area contributed by atoms with Crippen molar-refractivity contribution in [2.75, 3.05) is 18.4 Å². The Kier molecular flexibility index (Phi) is 6.89. The van der Waals surface area contributed by atoms with Gasteiger partial charge in [-0.05, 0) is 37.3 Å². The number of hydrogen-bond donors (Lipinski definition) is 2. The number of anilines is 1. The van der Waals surface area contributed by atoms with E-state index in [1.165, 1.54) is 33.7 Å². The summed E-state index contributed by atoms with van der Waals surface area (Å²) in [7, 11) is 0. The molecule has 4 heteroatoms. The average molecular weight is 353 g/mol. The van der Waals surface area contributed by atoms with Crippen molar-refractivity contribution < 1.29 is 22.1 Å². The topological polar surface area (TPSA) is 33.5 Å². The van der Waals surface area contributed by atoms with Crippen LogP contribution >= 0.6 is 0 Å². The van der Waals surface area contributed by atoms with Crippen molar-refractivity contribution in [2.24, 2.45) is 11.3 Å². The van der Waals surface area contributed by atoms with Gasteiger partial charge in [0.15, 0.2) is 5.69 Å². The van der Waals surface area contributed by atoms with Crippen molar-refractivity contribution in [3.8, 4) is 0 Å². The molecule has 0 spiro atoms. The van der Waals surface area contributed by atoms with Gasteiger partial charge in [-0.25, -0.2) is 0 Å². The molecule has 1 aliphatic heterocycles. The van der Waals surface area contributed by atoms with E-state index in [4.69, 9.17) is 0 Å². The fourth-order valence-electron chi connectivity index (χ4n) is 3.32. The largest absolute Gasteiger partial charge is 1.00 e. The number of rotatable bonds is 4. The van der Waals surface area contributed by atoms with Crippen molar-refractivity contribution in [3.05, 3.63) is 22.8 Å². The second kappa shape index (κ2) is 7.88. The molecule has 2 N–H and O–H groups in total. The Hall–Kier alpha value is -1.06. The lowest BCUT2D eigenvalue weighted by atomic mass is 9.94. The summed E-state index contributed by atoms with van der Waals surface area (Å²) in [5.74, 6) is 0.812. The number of amides is 1. The highest BCUT2D eigenvalue weighted by Gasteiger charge is 2.32. The first-order valence-corrected chi connectivity index (χ1v) is 8.91. The molecule has 0 aromatic heterocycles. The zero-order valence-electron chi connectivity index (χ0n) is 16.3. The van der Waals surface area contributed by atoms with Gasteiger partial charge >= 0.3 is 0 Å². The van der Waals surface area contributed by atoms with E-state index in [1.54, 1.807) is 0 Å². The van der Waals surface area contributed by atoms with Crippen LogP contribution in [0.5, 0.6) is 0 Å². The summed E-state index contributed by atoms with van der Waals surface area (Å²) >= 11 is 0. The van der Waals surface area contributed by atoms with Crippen LogP contribution in [-0.2, 0) is 11.2 Å². The highest BCUT2D eigenvalue weighted by molar-refractivity contribution is 5.97. The summed E-state index contributed by atoms with van der Waals surface area (Å²) in [5, 5.41) is 3.24. The Morgan fingerprint density at radius 3 is 2.42 bits per heavy atom. The van der Waals surface area contributed by atoms with Gasteiger partial charge in [-0.2, -0.15) is 0 Å². The SMILES string of the molecule is Cc1cc(C)c(NC(=O)C(C)(C)C)c2c1CC[NH+]2CCC(C)C.[Cl-]. The predicted molar refractivity (Wildman–Crippen MR) is 97.5 cm³/mol. The summed E-state index contributed by atoms with van der Waals surface area (Å²) in [4.78, 5) is 14.1. The summed E-state index contributed by atoms with van der Waals surface area (Å²) in [5.41, 5.74) is 6.02. The van der Waals surface area contributed by atoms with Crippen molar-refractivity contribution in [1.82, 2.24) is 0 Å². The van der Waals surface area contributed by atoms with Gasteiger partial charge in [0.05, 0.1) is 13.1 Å². The fourth-order valence-corrected chi connectivity index (χ4v) is 3.32. The van der Waals surface area contributed by atoms with E-state index in [0.29, 0.717) is 5.92 Å². The van der Waals surface area contributed by atoms with E-state index in [1.807, 2.05) is 20.8 Å². The van der Waals surface area contributed by atoms with Crippen LogP contribution in [0.1, 0.15) is 57.7 Å². The number of carbonyl (C=O) groups is 1. The molecule has 136 valence electrons. The van der Waals surface area contributed by atoms with Gasteiger partial charge in [0.1, 0.15) is 5.69 Å². The lowest BCUT2D eigenvalue weighted by molar-refractivity contribution is -0.826. The van der Waals surface area contributed by atoms with Crippen LogP contribution in [0.3, 0.4) is 0 Å². The Morgan fingerprint density at radius 1 is 1.25 bits per heavy atom. The molecule has 0 aliphatic carbocycles. The summed E-state index contributed by atoms with van der Waals surface area (Å²) in [6.45, 7) is 17.1.